The van der Waals surface area contributed by atoms with Crippen molar-refractivity contribution in [1.29, 1.82) is 0 Å². The summed E-state index contributed by atoms with van der Waals surface area (Å²) in [7, 11) is 1.54. The summed E-state index contributed by atoms with van der Waals surface area (Å²) >= 11 is 1.62. The van der Waals surface area contributed by atoms with E-state index in [0.29, 0.717) is 18.8 Å². The molecular weight excluding hydrogens is 316 g/mol. The first-order valence-corrected chi connectivity index (χ1v) is 8.19. The number of nitrogens with one attached hydrogen (secondary N) is 1. The number of urea groups is 1. The monoisotopic (exact) mass is 334 g/mol. The molecule has 1 aliphatic heterocycles. The lowest BCUT2D eigenvalue weighted by molar-refractivity contribution is -0.0641. The maximum absolute atomic E-state index is 12.4. The van der Waals surface area contributed by atoms with E-state index < -0.39 is 0 Å². The number of methoxy groups -OCH3 is 1. The van der Waals surface area contributed by atoms with Crippen LogP contribution in [-0.4, -0.2) is 47.2 Å². The Balaban J connectivity index is 1.65. The van der Waals surface area contributed by atoms with Gasteiger partial charge in [-0.1, -0.05) is 0 Å². The zero-order valence-corrected chi connectivity index (χ0v) is 13.7. The Morgan fingerprint density at radius 1 is 1.43 bits per heavy atom. The number of anilines is 1. The summed E-state index contributed by atoms with van der Waals surface area (Å²) in [5, 5.41) is 6.76. The van der Waals surface area contributed by atoms with Crippen LogP contribution in [0.3, 0.4) is 0 Å². The summed E-state index contributed by atoms with van der Waals surface area (Å²) < 4.78 is 10.9. The first kappa shape index (κ1) is 15.7. The van der Waals surface area contributed by atoms with Gasteiger partial charge >= 0.3 is 6.03 Å². The molecule has 8 heteroatoms. The van der Waals surface area contributed by atoms with Gasteiger partial charge in [-0.15, -0.1) is 0 Å². The van der Waals surface area contributed by atoms with Gasteiger partial charge in [-0.2, -0.15) is 11.3 Å². The van der Waals surface area contributed by atoms with Crippen molar-refractivity contribution in [3.8, 4) is 5.75 Å². The lowest BCUT2D eigenvalue weighted by Gasteiger charge is -2.36. The lowest BCUT2D eigenvalue weighted by Crippen LogP contribution is -2.47. The van der Waals surface area contributed by atoms with Crippen molar-refractivity contribution in [2.24, 2.45) is 0 Å². The third kappa shape index (κ3) is 3.77. The molecule has 0 spiro atoms. The number of carbonyl (C=O) groups excluding carboxylic acids is 1. The number of aromatic nitrogens is 2. The van der Waals surface area contributed by atoms with Gasteiger partial charge in [0.1, 0.15) is 6.10 Å². The second-order valence-corrected chi connectivity index (χ2v) is 6.05. The quantitative estimate of drug-likeness (QED) is 0.933. The van der Waals surface area contributed by atoms with E-state index in [-0.39, 0.29) is 24.2 Å². The molecule has 1 saturated heterocycles. The molecule has 7 nitrogen and oxygen atoms in total. The van der Waals surface area contributed by atoms with Crippen LogP contribution < -0.4 is 10.1 Å². The van der Waals surface area contributed by atoms with Gasteiger partial charge in [-0.25, -0.2) is 14.8 Å². The van der Waals surface area contributed by atoms with Crippen LogP contribution in [0, 0.1) is 0 Å². The SMILES string of the molecule is COc1cnc(NC(=O)N2CC(C)OC(c3ccsc3)C2)nc1. The van der Waals surface area contributed by atoms with Gasteiger partial charge in [0.25, 0.3) is 0 Å². The number of amides is 2. The Bertz CT molecular complexity index is 647. The van der Waals surface area contributed by atoms with E-state index >= 15 is 0 Å². The molecule has 122 valence electrons. The molecule has 2 atom stereocenters. The molecule has 1 fully saturated rings. The van der Waals surface area contributed by atoms with Crippen LogP contribution in [0.5, 0.6) is 5.75 Å². The highest BCUT2D eigenvalue weighted by atomic mass is 32.1. The standard InChI is InChI=1S/C15H18N4O3S/c1-10-7-19(8-13(22-10)11-3-4-23-9-11)15(20)18-14-16-5-12(21-2)6-17-14/h3-6,9-10,13H,7-8H2,1-2H3,(H,16,17,18,20). The van der Waals surface area contributed by atoms with Gasteiger partial charge < -0.3 is 14.4 Å². The van der Waals surface area contributed by atoms with E-state index in [1.54, 1.807) is 16.2 Å². The Morgan fingerprint density at radius 2 is 2.22 bits per heavy atom. The summed E-state index contributed by atoms with van der Waals surface area (Å²) in [5.41, 5.74) is 1.10. The maximum atomic E-state index is 12.4. The average molecular weight is 334 g/mol. The fourth-order valence-electron chi connectivity index (χ4n) is 2.42. The van der Waals surface area contributed by atoms with E-state index in [1.807, 2.05) is 23.8 Å². The smallest absolute Gasteiger partial charge is 0.324 e. The van der Waals surface area contributed by atoms with Crippen molar-refractivity contribution in [1.82, 2.24) is 14.9 Å². The molecule has 3 heterocycles. The normalized spacial score (nSPS) is 21.0. The van der Waals surface area contributed by atoms with Crippen LogP contribution in [-0.2, 0) is 4.74 Å². The van der Waals surface area contributed by atoms with Crippen LogP contribution >= 0.6 is 11.3 Å². The highest BCUT2D eigenvalue weighted by Crippen LogP contribution is 2.27. The second-order valence-electron chi connectivity index (χ2n) is 5.27. The van der Waals surface area contributed by atoms with Gasteiger partial charge in [-0.05, 0) is 29.3 Å². The Morgan fingerprint density at radius 3 is 2.87 bits per heavy atom. The molecule has 0 saturated carbocycles. The molecule has 1 aliphatic rings. The van der Waals surface area contributed by atoms with Crippen LogP contribution in [0.4, 0.5) is 10.7 Å². The van der Waals surface area contributed by atoms with E-state index in [1.165, 1.54) is 19.5 Å². The minimum Gasteiger partial charge on any atom is -0.494 e. The van der Waals surface area contributed by atoms with E-state index in [0.717, 1.165) is 5.56 Å². The number of nitrogens with zero attached hydrogens (tertiary/aromatic N) is 3. The fraction of sp³-hybridized carbons (Fsp3) is 0.400. The first-order chi connectivity index (χ1) is 11.2. The molecule has 0 radical (unpaired) electrons. The molecular formula is C15H18N4O3S. The zero-order chi connectivity index (χ0) is 16.2. The van der Waals surface area contributed by atoms with Crippen molar-refractivity contribution in [2.45, 2.75) is 19.1 Å². The van der Waals surface area contributed by atoms with Gasteiger partial charge in [0.05, 0.1) is 32.2 Å². The number of hydrogen-bond acceptors (Lipinski definition) is 6. The Kier molecular flexibility index (Phi) is 4.73. The molecule has 2 aromatic heterocycles. The molecule has 0 bridgehead atoms. The van der Waals surface area contributed by atoms with Crippen molar-refractivity contribution in [2.75, 3.05) is 25.5 Å². The molecule has 3 rings (SSSR count). The lowest BCUT2D eigenvalue weighted by atomic mass is 10.1. The number of rotatable bonds is 3. The third-order valence-electron chi connectivity index (χ3n) is 3.55. The summed E-state index contributed by atoms with van der Waals surface area (Å²) in [6.07, 6.45) is 2.89. The minimum absolute atomic E-state index is 0.0313. The molecule has 23 heavy (non-hydrogen) atoms. The molecule has 0 aromatic carbocycles. The molecule has 1 N–H and O–H groups in total. The first-order valence-electron chi connectivity index (χ1n) is 7.25. The number of carbonyl (C=O) groups is 1. The van der Waals surface area contributed by atoms with Gasteiger partial charge in [-0.3, -0.25) is 5.32 Å². The Labute approximate surface area is 138 Å². The summed E-state index contributed by atoms with van der Waals surface area (Å²) in [5.74, 6) is 0.794. The van der Waals surface area contributed by atoms with E-state index in [9.17, 15) is 4.79 Å². The summed E-state index contributed by atoms with van der Waals surface area (Å²) in [6.45, 7) is 2.99. The number of hydrogen-bond donors (Lipinski definition) is 1. The fourth-order valence-corrected chi connectivity index (χ4v) is 3.12. The summed E-state index contributed by atoms with van der Waals surface area (Å²) in [4.78, 5) is 22.3. The highest BCUT2D eigenvalue weighted by molar-refractivity contribution is 7.07. The number of ether oxygens (including phenoxy) is 2. The van der Waals surface area contributed by atoms with Gasteiger partial charge in [0.2, 0.25) is 5.95 Å². The van der Waals surface area contributed by atoms with Crippen molar-refractivity contribution in [3.05, 3.63) is 34.8 Å². The number of thiophene rings is 1. The molecule has 2 aromatic rings. The van der Waals surface area contributed by atoms with Crippen LogP contribution in [0.2, 0.25) is 0 Å². The van der Waals surface area contributed by atoms with Crippen molar-refractivity contribution < 1.29 is 14.3 Å². The predicted molar refractivity (Wildman–Crippen MR) is 86.8 cm³/mol. The molecule has 0 aliphatic carbocycles. The average Bonchev–Trinajstić information content (AvgIpc) is 3.09. The largest absolute Gasteiger partial charge is 0.494 e. The summed E-state index contributed by atoms with van der Waals surface area (Å²) in [6, 6.07) is 1.79. The van der Waals surface area contributed by atoms with Crippen molar-refractivity contribution in [3.63, 3.8) is 0 Å². The van der Waals surface area contributed by atoms with Crippen LogP contribution in [0.25, 0.3) is 0 Å². The Hall–Kier alpha value is -2.19. The number of morpholine rings is 1. The molecule has 2 amide bonds. The zero-order valence-electron chi connectivity index (χ0n) is 12.9. The topological polar surface area (TPSA) is 76.6 Å². The minimum atomic E-state index is -0.231. The molecule has 2 unspecified atom stereocenters. The van der Waals surface area contributed by atoms with Gasteiger partial charge in [0, 0.05) is 6.54 Å². The van der Waals surface area contributed by atoms with E-state index in [2.05, 4.69) is 15.3 Å². The predicted octanol–water partition coefficient (Wildman–Crippen LogP) is 2.54. The second kappa shape index (κ2) is 6.93. The van der Waals surface area contributed by atoms with Crippen molar-refractivity contribution >= 4 is 23.3 Å². The van der Waals surface area contributed by atoms with Crippen LogP contribution in [0.1, 0.15) is 18.6 Å². The highest BCUT2D eigenvalue weighted by Gasteiger charge is 2.29. The van der Waals surface area contributed by atoms with E-state index in [4.69, 9.17) is 9.47 Å². The van der Waals surface area contributed by atoms with Gasteiger partial charge in [0.15, 0.2) is 5.75 Å². The van der Waals surface area contributed by atoms with Crippen LogP contribution in [0.15, 0.2) is 29.2 Å². The maximum Gasteiger partial charge on any atom is 0.324 e. The third-order valence-corrected chi connectivity index (χ3v) is 4.25.